The monoisotopic (exact) mass is 242 g/mol. The van der Waals surface area contributed by atoms with E-state index in [9.17, 15) is 0 Å². The minimum Gasteiger partial charge on any atom is -0.392 e. The van der Waals surface area contributed by atoms with Crippen molar-refractivity contribution in [3.8, 4) is 0 Å². The van der Waals surface area contributed by atoms with Gasteiger partial charge in [-0.1, -0.05) is 23.4 Å². The van der Waals surface area contributed by atoms with Crippen LogP contribution in [0, 0.1) is 0 Å². The van der Waals surface area contributed by atoms with Crippen LogP contribution < -0.4 is 5.32 Å². The lowest BCUT2D eigenvalue weighted by Gasteiger charge is -2.02. The Hall–Kier alpha value is -0.670. The third-order valence-corrected chi connectivity index (χ3v) is 3.18. The number of allylic oxidation sites excluding steroid dienone is 3. The van der Waals surface area contributed by atoms with Gasteiger partial charge in [0.25, 0.3) is 0 Å². The van der Waals surface area contributed by atoms with E-state index in [1.54, 1.807) is 11.8 Å². The number of rotatable bonds is 3. The summed E-state index contributed by atoms with van der Waals surface area (Å²) in [4.78, 5) is 5.66. The van der Waals surface area contributed by atoms with Crippen molar-refractivity contribution in [1.82, 2.24) is 5.32 Å². The molecule has 0 aromatic carbocycles. The van der Waals surface area contributed by atoms with Crippen molar-refractivity contribution in [2.24, 2.45) is 4.99 Å². The average Bonchev–Trinajstić information content (AvgIpc) is 2.56. The number of thioether (sulfide) groups is 1. The first kappa shape index (κ1) is 12.4. The van der Waals surface area contributed by atoms with Crippen LogP contribution >= 0.6 is 23.4 Å². The lowest BCUT2D eigenvalue weighted by Crippen LogP contribution is -2.01. The Morgan fingerprint density at radius 2 is 2.33 bits per heavy atom. The van der Waals surface area contributed by atoms with Gasteiger partial charge in [0.05, 0.1) is 5.04 Å². The molecule has 0 aromatic heterocycles. The highest BCUT2D eigenvalue weighted by Gasteiger charge is 2.18. The Labute approximate surface area is 100 Å². The largest absolute Gasteiger partial charge is 0.392 e. The standard InChI is InChI=1S/C11H15ClN2S/c1-8(13-3)4-5-11-10(6-7-12)14-9(2)15-11/h4-7,10,13H,1-3H3/b7-6?,8-4+,11-5+. The molecule has 1 aliphatic heterocycles. The smallest absolute Gasteiger partial charge is 0.101 e. The molecule has 0 saturated carbocycles. The van der Waals surface area contributed by atoms with Crippen LogP contribution in [0.25, 0.3) is 0 Å². The zero-order chi connectivity index (χ0) is 11.3. The summed E-state index contributed by atoms with van der Waals surface area (Å²) >= 11 is 7.27. The highest BCUT2D eigenvalue weighted by molar-refractivity contribution is 8.17. The van der Waals surface area contributed by atoms with Gasteiger partial charge in [-0.15, -0.1) is 0 Å². The minimum atomic E-state index is 0.0911. The van der Waals surface area contributed by atoms with E-state index in [0.717, 1.165) is 10.7 Å². The first-order valence-corrected chi connectivity index (χ1v) is 5.98. The van der Waals surface area contributed by atoms with Gasteiger partial charge < -0.3 is 5.32 Å². The van der Waals surface area contributed by atoms with E-state index in [2.05, 4.69) is 16.4 Å². The zero-order valence-corrected chi connectivity index (χ0v) is 10.7. The summed E-state index contributed by atoms with van der Waals surface area (Å²) in [6, 6.07) is 0.0911. The summed E-state index contributed by atoms with van der Waals surface area (Å²) < 4.78 is 0. The normalized spacial score (nSPS) is 25.1. The molecule has 15 heavy (non-hydrogen) atoms. The van der Waals surface area contributed by atoms with Crippen molar-refractivity contribution in [3.05, 3.63) is 34.4 Å². The number of halogens is 1. The van der Waals surface area contributed by atoms with Crippen LogP contribution in [0.3, 0.4) is 0 Å². The molecule has 0 radical (unpaired) electrons. The number of nitrogens with one attached hydrogen (secondary N) is 1. The number of hydrogen-bond donors (Lipinski definition) is 1. The molecule has 82 valence electrons. The summed E-state index contributed by atoms with van der Waals surface area (Å²) in [7, 11) is 1.91. The maximum Gasteiger partial charge on any atom is 0.101 e. The molecule has 1 atom stereocenters. The molecule has 1 heterocycles. The van der Waals surface area contributed by atoms with Gasteiger partial charge in [0.15, 0.2) is 0 Å². The van der Waals surface area contributed by atoms with Gasteiger partial charge in [-0.25, -0.2) is 0 Å². The first-order valence-electron chi connectivity index (χ1n) is 4.72. The molecule has 0 aliphatic carbocycles. The van der Waals surface area contributed by atoms with Crippen molar-refractivity contribution in [1.29, 1.82) is 0 Å². The molecule has 1 aliphatic rings. The molecule has 1 N–H and O–H groups in total. The summed E-state index contributed by atoms with van der Waals surface area (Å²) in [6.45, 7) is 4.03. The molecule has 0 bridgehead atoms. The van der Waals surface area contributed by atoms with Gasteiger partial charge in [0, 0.05) is 23.2 Å². The predicted molar refractivity (Wildman–Crippen MR) is 70.4 cm³/mol. The molecule has 0 saturated heterocycles. The zero-order valence-electron chi connectivity index (χ0n) is 9.12. The molecular weight excluding hydrogens is 228 g/mol. The maximum absolute atomic E-state index is 5.57. The summed E-state index contributed by atoms with van der Waals surface area (Å²) in [5.74, 6) is 0. The number of nitrogens with zero attached hydrogens (tertiary/aromatic N) is 1. The molecular formula is C11H15ClN2S. The van der Waals surface area contributed by atoms with Crippen molar-refractivity contribution in [2.45, 2.75) is 19.9 Å². The second-order valence-corrected chi connectivity index (χ2v) is 4.70. The number of hydrogen-bond acceptors (Lipinski definition) is 3. The Balaban J connectivity index is 2.79. The van der Waals surface area contributed by atoms with E-state index >= 15 is 0 Å². The van der Waals surface area contributed by atoms with E-state index in [-0.39, 0.29) is 6.04 Å². The fourth-order valence-electron chi connectivity index (χ4n) is 1.15. The quantitative estimate of drug-likeness (QED) is 0.822. The topological polar surface area (TPSA) is 24.4 Å². The van der Waals surface area contributed by atoms with Gasteiger partial charge in [-0.2, -0.15) is 0 Å². The van der Waals surface area contributed by atoms with Crippen LogP contribution in [0.15, 0.2) is 39.4 Å². The van der Waals surface area contributed by atoms with Gasteiger partial charge in [0.2, 0.25) is 0 Å². The Bertz CT molecular complexity index is 342. The lowest BCUT2D eigenvalue weighted by molar-refractivity contribution is 0.987. The van der Waals surface area contributed by atoms with Crippen LogP contribution in [-0.2, 0) is 0 Å². The second-order valence-electron chi connectivity index (χ2n) is 3.18. The molecule has 4 heteroatoms. The molecule has 1 unspecified atom stereocenters. The van der Waals surface area contributed by atoms with Crippen LogP contribution in [-0.4, -0.2) is 18.1 Å². The molecule has 0 aromatic rings. The molecule has 1 rings (SSSR count). The van der Waals surface area contributed by atoms with Crippen molar-refractivity contribution < 1.29 is 0 Å². The Morgan fingerprint density at radius 3 is 2.93 bits per heavy atom. The fourth-order valence-corrected chi connectivity index (χ4v) is 2.18. The van der Waals surface area contributed by atoms with E-state index in [0.29, 0.717) is 0 Å². The van der Waals surface area contributed by atoms with E-state index in [1.165, 1.54) is 10.4 Å². The second kappa shape index (κ2) is 6.03. The summed E-state index contributed by atoms with van der Waals surface area (Å²) in [5.41, 5.74) is 2.65. The molecule has 0 spiro atoms. The molecule has 0 amide bonds. The average molecular weight is 243 g/mol. The van der Waals surface area contributed by atoms with E-state index in [1.807, 2.05) is 33.0 Å². The minimum absolute atomic E-state index is 0.0911. The van der Waals surface area contributed by atoms with Gasteiger partial charge in [-0.05, 0) is 32.1 Å². The van der Waals surface area contributed by atoms with E-state index < -0.39 is 0 Å². The van der Waals surface area contributed by atoms with Crippen molar-refractivity contribution in [2.75, 3.05) is 7.05 Å². The molecule has 2 nitrogen and oxygen atoms in total. The lowest BCUT2D eigenvalue weighted by atomic mass is 10.2. The SMILES string of the molecule is CN/C(C)=C/C=C1/SC(C)=NC1C=CCl. The van der Waals surface area contributed by atoms with Gasteiger partial charge >= 0.3 is 0 Å². The third-order valence-electron chi connectivity index (χ3n) is 2.02. The van der Waals surface area contributed by atoms with E-state index in [4.69, 9.17) is 11.6 Å². The van der Waals surface area contributed by atoms with Gasteiger partial charge in [0.1, 0.15) is 6.04 Å². The summed E-state index contributed by atoms with van der Waals surface area (Å²) in [5, 5.41) is 4.15. The Kier molecular flexibility index (Phi) is 4.99. The highest BCUT2D eigenvalue weighted by atomic mass is 35.5. The van der Waals surface area contributed by atoms with Crippen molar-refractivity contribution >= 4 is 28.4 Å². The first-order chi connectivity index (χ1) is 7.17. The number of aliphatic imine (C=N–C) groups is 1. The van der Waals surface area contributed by atoms with Crippen molar-refractivity contribution in [3.63, 3.8) is 0 Å². The van der Waals surface area contributed by atoms with Crippen LogP contribution in [0.1, 0.15) is 13.8 Å². The third kappa shape index (κ3) is 3.76. The van der Waals surface area contributed by atoms with Crippen LogP contribution in [0.2, 0.25) is 0 Å². The molecule has 0 fully saturated rings. The summed E-state index contributed by atoms with van der Waals surface area (Å²) in [6.07, 6.45) is 6.02. The van der Waals surface area contributed by atoms with Crippen LogP contribution in [0.4, 0.5) is 0 Å². The van der Waals surface area contributed by atoms with Crippen LogP contribution in [0.5, 0.6) is 0 Å². The maximum atomic E-state index is 5.57. The van der Waals surface area contributed by atoms with Gasteiger partial charge in [-0.3, -0.25) is 4.99 Å². The highest BCUT2D eigenvalue weighted by Crippen LogP contribution is 2.31. The Morgan fingerprint density at radius 1 is 1.60 bits per heavy atom. The fraction of sp³-hybridized carbons (Fsp3) is 0.364. The predicted octanol–water partition coefficient (Wildman–Crippen LogP) is 3.28.